The van der Waals surface area contributed by atoms with Crippen LogP contribution in [-0.2, 0) is 4.79 Å². The van der Waals surface area contributed by atoms with Crippen molar-refractivity contribution in [2.45, 2.75) is 34.1 Å². The average molecular weight is 274 g/mol. The predicted molar refractivity (Wildman–Crippen MR) is 83.9 cm³/mol. The molecule has 2 atom stereocenters. The van der Waals surface area contributed by atoms with E-state index in [4.69, 9.17) is 0 Å². The van der Waals surface area contributed by atoms with Gasteiger partial charge in [-0.3, -0.25) is 9.69 Å². The minimum absolute atomic E-state index is 0.0972. The first-order valence-corrected chi connectivity index (χ1v) is 7.54. The molecule has 1 aliphatic heterocycles. The molecule has 0 bridgehead atoms. The molecule has 1 amide bonds. The minimum Gasteiger partial charge on any atom is -0.325 e. The first kappa shape index (κ1) is 15.0. The highest BCUT2D eigenvalue weighted by Gasteiger charge is 2.23. The lowest BCUT2D eigenvalue weighted by atomic mass is 9.92. The smallest absolute Gasteiger partial charge is 0.238 e. The molecule has 0 aliphatic carbocycles. The number of aryl methyl sites for hydroxylation is 1. The largest absolute Gasteiger partial charge is 0.325 e. The van der Waals surface area contributed by atoms with Crippen LogP contribution in [0.2, 0.25) is 0 Å². The van der Waals surface area contributed by atoms with Gasteiger partial charge in [-0.1, -0.05) is 26.0 Å². The Hall–Kier alpha value is -1.35. The van der Waals surface area contributed by atoms with Crippen LogP contribution in [0.3, 0.4) is 0 Å². The van der Waals surface area contributed by atoms with Gasteiger partial charge >= 0.3 is 0 Å². The van der Waals surface area contributed by atoms with Crippen molar-refractivity contribution in [2.24, 2.45) is 11.8 Å². The van der Waals surface area contributed by atoms with Crippen LogP contribution < -0.4 is 5.32 Å². The van der Waals surface area contributed by atoms with Gasteiger partial charge in [-0.25, -0.2) is 0 Å². The molecule has 1 aromatic carbocycles. The number of nitrogens with zero attached hydrogens (tertiary/aromatic N) is 1. The molecule has 1 fully saturated rings. The fourth-order valence-corrected chi connectivity index (χ4v) is 3.20. The topological polar surface area (TPSA) is 32.3 Å². The molecule has 1 aliphatic rings. The zero-order valence-corrected chi connectivity index (χ0v) is 13.1. The van der Waals surface area contributed by atoms with E-state index in [0.29, 0.717) is 18.4 Å². The fourth-order valence-electron chi connectivity index (χ4n) is 3.20. The van der Waals surface area contributed by atoms with Crippen molar-refractivity contribution in [1.82, 2.24) is 4.90 Å². The number of benzene rings is 1. The Kier molecular flexibility index (Phi) is 4.81. The van der Waals surface area contributed by atoms with Crippen LogP contribution in [0, 0.1) is 25.7 Å². The number of hydrogen-bond acceptors (Lipinski definition) is 2. The summed E-state index contributed by atoms with van der Waals surface area (Å²) < 4.78 is 0. The van der Waals surface area contributed by atoms with Crippen LogP contribution >= 0.6 is 0 Å². The van der Waals surface area contributed by atoms with E-state index in [9.17, 15) is 4.79 Å². The highest BCUT2D eigenvalue weighted by Crippen LogP contribution is 2.21. The number of anilines is 1. The van der Waals surface area contributed by atoms with Crippen LogP contribution in [-0.4, -0.2) is 30.4 Å². The molecule has 0 aromatic heterocycles. The standard InChI is InChI=1S/C17H26N2O/c1-12-8-13(2)10-19(9-12)11-17(20)18-16-7-5-6-14(3)15(16)4/h5-7,12-13H,8-11H2,1-4H3,(H,18,20)/t12-,13-/m1/s1. The van der Waals surface area contributed by atoms with Gasteiger partial charge in [0.1, 0.15) is 0 Å². The maximum atomic E-state index is 12.2. The normalized spacial score (nSPS) is 23.6. The second-order valence-electron chi connectivity index (χ2n) is 6.44. The molecule has 1 N–H and O–H groups in total. The number of likely N-dealkylation sites (tertiary alicyclic amines) is 1. The Morgan fingerprint density at radius 2 is 1.90 bits per heavy atom. The second kappa shape index (κ2) is 6.40. The monoisotopic (exact) mass is 274 g/mol. The Labute approximate surface area is 122 Å². The first-order chi connectivity index (χ1) is 9.45. The highest BCUT2D eigenvalue weighted by atomic mass is 16.2. The Balaban J connectivity index is 1.94. The van der Waals surface area contributed by atoms with Crippen molar-refractivity contribution in [3.8, 4) is 0 Å². The first-order valence-electron chi connectivity index (χ1n) is 7.54. The number of carbonyl (C=O) groups is 1. The molecule has 1 saturated heterocycles. The summed E-state index contributed by atoms with van der Waals surface area (Å²) in [6.07, 6.45) is 1.27. The number of carbonyl (C=O) groups excluding carboxylic acids is 1. The second-order valence-corrected chi connectivity index (χ2v) is 6.44. The molecule has 1 heterocycles. The summed E-state index contributed by atoms with van der Waals surface area (Å²) >= 11 is 0. The summed E-state index contributed by atoms with van der Waals surface area (Å²) in [5.74, 6) is 1.47. The van der Waals surface area contributed by atoms with Gasteiger partial charge in [0.15, 0.2) is 0 Å². The van der Waals surface area contributed by atoms with E-state index in [1.807, 2.05) is 12.1 Å². The average Bonchev–Trinajstić information content (AvgIpc) is 2.33. The molecule has 1 aromatic rings. The van der Waals surface area contributed by atoms with Crippen molar-refractivity contribution in [3.05, 3.63) is 29.3 Å². The predicted octanol–water partition coefficient (Wildman–Crippen LogP) is 3.22. The Morgan fingerprint density at radius 1 is 1.25 bits per heavy atom. The van der Waals surface area contributed by atoms with Gasteiger partial charge < -0.3 is 5.32 Å². The third-order valence-electron chi connectivity index (χ3n) is 4.19. The quantitative estimate of drug-likeness (QED) is 0.918. The van der Waals surface area contributed by atoms with Gasteiger partial charge in [0.05, 0.1) is 6.54 Å². The van der Waals surface area contributed by atoms with Gasteiger partial charge in [0, 0.05) is 18.8 Å². The Morgan fingerprint density at radius 3 is 2.55 bits per heavy atom. The zero-order valence-electron chi connectivity index (χ0n) is 13.1. The Bertz CT molecular complexity index is 474. The summed E-state index contributed by atoms with van der Waals surface area (Å²) in [6, 6.07) is 6.03. The summed E-state index contributed by atoms with van der Waals surface area (Å²) in [5.41, 5.74) is 3.30. The molecule has 3 nitrogen and oxygen atoms in total. The third kappa shape index (κ3) is 3.83. The molecular formula is C17H26N2O. The number of nitrogens with one attached hydrogen (secondary N) is 1. The molecule has 20 heavy (non-hydrogen) atoms. The van der Waals surface area contributed by atoms with Crippen molar-refractivity contribution in [1.29, 1.82) is 0 Å². The van der Waals surface area contributed by atoms with Gasteiger partial charge in [-0.2, -0.15) is 0 Å². The van der Waals surface area contributed by atoms with E-state index < -0.39 is 0 Å². The molecule has 2 rings (SSSR count). The summed E-state index contributed by atoms with van der Waals surface area (Å²) in [5, 5.41) is 3.05. The van der Waals surface area contributed by atoms with Gasteiger partial charge in [0.25, 0.3) is 0 Å². The molecule has 0 saturated carbocycles. The van der Waals surface area contributed by atoms with E-state index in [0.717, 1.165) is 24.3 Å². The molecule has 0 radical (unpaired) electrons. The maximum absolute atomic E-state index is 12.2. The van der Waals surface area contributed by atoms with Crippen molar-refractivity contribution < 1.29 is 4.79 Å². The van der Waals surface area contributed by atoms with E-state index in [2.05, 4.69) is 44.0 Å². The summed E-state index contributed by atoms with van der Waals surface area (Å²) in [6.45, 7) is 11.2. The van der Waals surface area contributed by atoms with E-state index in [1.165, 1.54) is 12.0 Å². The van der Waals surface area contributed by atoms with Crippen LogP contribution in [0.15, 0.2) is 18.2 Å². The summed E-state index contributed by atoms with van der Waals surface area (Å²) in [4.78, 5) is 14.5. The summed E-state index contributed by atoms with van der Waals surface area (Å²) in [7, 11) is 0. The van der Waals surface area contributed by atoms with E-state index >= 15 is 0 Å². The molecule has 110 valence electrons. The lowest BCUT2D eigenvalue weighted by Gasteiger charge is -2.34. The van der Waals surface area contributed by atoms with Gasteiger partial charge in [-0.05, 0) is 49.3 Å². The zero-order chi connectivity index (χ0) is 14.7. The van der Waals surface area contributed by atoms with Crippen molar-refractivity contribution in [2.75, 3.05) is 25.0 Å². The van der Waals surface area contributed by atoms with Gasteiger partial charge in [0.2, 0.25) is 5.91 Å². The lowest BCUT2D eigenvalue weighted by Crippen LogP contribution is -2.42. The van der Waals surface area contributed by atoms with Crippen molar-refractivity contribution >= 4 is 11.6 Å². The van der Waals surface area contributed by atoms with Crippen LogP contribution in [0.1, 0.15) is 31.4 Å². The molecule has 3 heteroatoms. The van der Waals surface area contributed by atoms with Crippen LogP contribution in [0.5, 0.6) is 0 Å². The third-order valence-corrected chi connectivity index (χ3v) is 4.19. The highest BCUT2D eigenvalue weighted by molar-refractivity contribution is 5.93. The SMILES string of the molecule is Cc1cccc(NC(=O)CN2C[C@H](C)C[C@@H](C)C2)c1C. The minimum atomic E-state index is 0.0972. The number of rotatable bonds is 3. The molecular weight excluding hydrogens is 248 g/mol. The van der Waals surface area contributed by atoms with Crippen LogP contribution in [0.4, 0.5) is 5.69 Å². The molecule has 0 spiro atoms. The van der Waals surface area contributed by atoms with E-state index in [1.54, 1.807) is 0 Å². The molecule has 0 unspecified atom stereocenters. The lowest BCUT2D eigenvalue weighted by molar-refractivity contribution is -0.117. The van der Waals surface area contributed by atoms with Gasteiger partial charge in [-0.15, -0.1) is 0 Å². The van der Waals surface area contributed by atoms with E-state index in [-0.39, 0.29) is 5.91 Å². The number of piperidine rings is 1. The maximum Gasteiger partial charge on any atom is 0.238 e. The van der Waals surface area contributed by atoms with Crippen molar-refractivity contribution in [3.63, 3.8) is 0 Å². The number of amides is 1. The number of hydrogen-bond donors (Lipinski definition) is 1. The fraction of sp³-hybridized carbons (Fsp3) is 0.588. The van der Waals surface area contributed by atoms with Crippen LogP contribution in [0.25, 0.3) is 0 Å².